The van der Waals surface area contributed by atoms with Gasteiger partial charge in [0, 0.05) is 57.8 Å². The highest BCUT2D eigenvalue weighted by Gasteiger charge is 2.38. The summed E-state index contributed by atoms with van der Waals surface area (Å²) >= 11 is 0. The number of halogens is 3. The molecule has 2 N–H and O–H groups in total. The van der Waals surface area contributed by atoms with Crippen LogP contribution in [0.5, 0.6) is 17.2 Å². The third kappa shape index (κ3) is 10.0. The Hall–Kier alpha value is -3.26. The van der Waals surface area contributed by atoms with Gasteiger partial charge in [0.2, 0.25) is 11.7 Å². The van der Waals surface area contributed by atoms with Crippen molar-refractivity contribution >= 4 is 17.8 Å². The van der Waals surface area contributed by atoms with Crippen LogP contribution in [-0.2, 0) is 9.59 Å². The van der Waals surface area contributed by atoms with Gasteiger partial charge < -0.3 is 39.3 Å². The van der Waals surface area contributed by atoms with E-state index < -0.39 is 12.1 Å². The van der Waals surface area contributed by atoms with Crippen molar-refractivity contribution in [3.63, 3.8) is 0 Å². The lowest BCUT2D eigenvalue weighted by Crippen LogP contribution is -2.47. The highest BCUT2D eigenvalue weighted by molar-refractivity contribution is 5.96. The van der Waals surface area contributed by atoms with E-state index in [9.17, 15) is 22.8 Å². The van der Waals surface area contributed by atoms with Crippen LogP contribution < -0.4 is 19.5 Å². The van der Waals surface area contributed by atoms with Gasteiger partial charge in [0.25, 0.3) is 5.91 Å². The fourth-order valence-electron chi connectivity index (χ4n) is 4.45. The van der Waals surface area contributed by atoms with E-state index in [0.717, 1.165) is 32.7 Å². The number of likely N-dealkylation sites (tertiary alicyclic amines) is 1. The summed E-state index contributed by atoms with van der Waals surface area (Å²) in [5.74, 6) is -1.48. The van der Waals surface area contributed by atoms with Crippen LogP contribution in [0.2, 0.25) is 0 Å². The number of nitrogens with zero attached hydrogens (tertiary/aromatic N) is 3. The second-order valence-corrected chi connectivity index (χ2v) is 9.29. The number of aliphatic carboxylic acids is 1. The van der Waals surface area contributed by atoms with Gasteiger partial charge >= 0.3 is 12.1 Å². The van der Waals surface area contributed by atoms with Gasteiger partial charge in [-0.25, -0.2) is 4.79 Å². The first-order valence-electron chi connectivity index (χ1n) is 13.1. The first-order valence-corrected chi connectivity index (χ1v) is 13.1. The second kappa shape index (κ2) is 16.1. The van der Waals surface area contributed by atoms with E-state index in [1.807, 2.05) is 4.90 Å². The summed E-state index contributed by atoms with van der Waals surface area (Å²) in [4.78, 5) is 41.3. The standard InChI is InChI=1S/C24H38N4O5.C2HF3O2/c1-31-20-17-19(18-21(32-2)23(20)33-3)24(30)28(16-15-26-10-5-4-6-11-26)12-7-22(29)27-13-8-25-9-14-27;3-2(4,5)1(6)7/h17-18,25H,4-16H2,1-3H3;(H,6,7). The lowest BCUT2D eigenvalue weighted by Gasteiger charge is -2.31. The van der Waals surface area contributed by atoms with Crippen molar-refractivity contribution in [1.29, 1.82) is 0 Å². The molecule has 0 radical (unpaired) electrons. The largest absolute Gasteiger partial charge is 0.493 e. The molecule has 2 aliphatic heterocycles. The third-order valence-corrected chi connectivity index (χ3v) is 6.64. The summed E-state index contributed by atoms with van der Waals surface area (Å²) in [6.45, 7) is 6.94. The molecule has 40 heavy (non-hydrogen) atoms. The van der Waals surface area contributed by atoms with Crippen molar-refractivity contribution in [2.45, 2.75) is 31.9 Å². The minimum atomic E-state index is -5.08. The predicted octanol–water partition coefficient (Wildman–Crippen LogP) is 2.10. The number of methoxy groups -OCH3 is 3. The summed E-state index contributed by atoms with van der Waals surface area (Å²) in [6.07, 6.45) is -1.11. The Kier molecular flexibility index (Phi) is 13.3. The summed E-state index contributed by atoms with van der Waals surface area (Å²) in [5, 5.41) is 10.4. The highest BCUT2D eigenvalue weighted by atomic mass is 19.4. The number of benzene rings is 1. The minimum absolute atomic E-state index is 0.0946. The molecule has 2 amide bonds. The fourth-order valence-corrected chi connectivity index (χ4v) is 4.45. The molecule has 226 valence electrons. The number of alkyl halides is 3. The van der Waals surface area contributed by atoms with Crippen LogP contribution in [0.15, 0.2) is 12.1 Å². The number of carboxylic acids is 1. The minimum Gasteiger partial charge on any atom is -0.493 e. The van der Waals surface area contributed by atoms with Crippen molar-refractivity contribution in [2.75, 3.05) is 80.2 Å². The lowest BCUT2D eigenvalue weighted by atomic mass is 10.1. The number of carbonyl (C=O) groups excluding carboxylic acids is 2. The number of nitrogens with one attached hydrogen (secondary N) is 1. The van der Waals surface area contributed by atoms with Gasteiger partial charge in [-0.05, 0) is 38.1 Å². The molecule has 2 heterocycles. The normalized spacial score (nSPS) is 15.9. The van der Waals surface area contributed by atoms with Gasteiger partial charge in [-0.15, -0.1) is 0 Å². The SMILES string of the molecule is COc1cc(C(=O)N(CCC(=O)N2CCNCC2)CCN2CCCCC2)cc(OC)c1OC.O=C(O)C(F)(F)F. The molecule has 0 aromatic heterocycles. The average molecular weight is 577 g/mol. The molecule has 3 rings (SSSR count). The molecule has 2 fully saturated rings. The van der Waals surface area contributed by atoms with Crippen molar-refractivity contribution < 1.29 is 46.9 Å². The van der Waals surface area contributed by atoms with Gasteiger partial charge in [-0.3, -0.25) is 9.59 Å². The second-order valence-electron chi connectivity index (χ2n) is 9.29. The Morgan fingerprint density at radius 3 is 1.95 bits per heavy atom. The molecule has 0 aliphatic carbocycles. The van der Waals surface area contributed by atoms with Crippen LogP contribution >= 0.6 is 0 Å². The molecule has 0 bridgehead atoms. The molecule has 2 aliphatic rings. The lowest BCUT2D eigenvalue weighted by molar-refractivity contribution is -0.192. The van der Waals surface area contributed by atoms with Crippen LogP contribution in [0.1, 0.15) is 36.0 Å². The van der Waals surface area contributed by atoms with Gasteiger partial charge in [0.05, 0.1) is 21.3 Å². The summed E-state index contributed by atoms with van der Waals surface area (Å²) in [6, 6.07) is 3.35. The Morgan fingerprint density at radius 1 is 0.925 bits per heavy atom. The maximum Gasteiger partial charge on any atom is 0.490 e. The molecule has 0 spiro atoms. The van der Waals surface area contributed by atoms with Crippen LogP contribution in [0.3, 0.4) is 0 Å². The van der Waals surface area contributed by atoms with Crippen LogP contribution in [0.4, 0.5) is 13.2 Å². The van der Waals surface area contributed by atoms with E-state index in [-0.39, 0.29) is 11.8 Å². The Balaban J connectivity index is 0.000000708. The van der Waals surface area contributed by atoms with E-state index in [2.05, 4.69) is 10.2 Å². The number of ether oxygens (including phenoxy) is 3. The zero-order valence-corrected chi connectivity index (χ0v) is 23.2. The number of hydrogen-bond donors (Lipinski definition) is 2. The maximum absolute atomic E-state index is 13.6. The van der Waals surface area contributed by atoms with Crippen LogP contribution in [-0.4, -0.2) is 124 Å². The number of rotatable bonds is 10. The van der Waals surface area contributed by atoms with Gasteiger partial charge in [-0.1, -0.05) is 6.42 Å². The topological polar surface area (TPSA) is 121 Å². The first-order chi connectivity index (χ1) is 19.0. The molecule has 2 saturated heterocycles. The molecule has 14 heteroatoms. The van der Waals surface area contributed by atoms with E-state index >= 15 is 0 Å². The molecule has 11 nitrogen and oxygen atoms in total. The monoisotopic (exact) mass is 576 g/mol. The molecule has 0 atom stereocenters. The van der Waals surface area contributed by atoms with Crippen molar-refractivity contribution in [3.05, 3.63) is 17.7 Å². The van der Waals surface area contributed by atoms with Crippen LogP contribution in [0.25, 0.3) is 0 Å². The Labute approximate surface area is 232 Å². The van der Waals surface area contributed by atoms with E-state index in [1.165, 1.54) is 40.6 Å². The van der Waals surface area contributed by atoms with Gasteiger partial charge in [0.15, 0.2) is 11.5 Å². The predicted molar refractivity (Wildman–Crippen MR) is 140 cm³/mol. The van der Waals surface area contributed by atoms with Gasteiger partial charge in [0.1, 0.15) is 0 Å². The number of piperidine rings is 1. The highest BCUT2D eigenvalue weighted by Crippen LogP contribution is 2.38. The maximum atomic E-state index is 13.6. The molecule has 1 aromatic carbocycles. The fraction of sp³-hybridized carbons (Fsp3) is 0.654. The van der Waals surface area contributed by atoms with E-state index in [1.54, 1.807) is 17.0 Å². The van der Waals surface area contributed by atoms with Crippen molar-refractivity contribution in [3.8, 4) is 17.2 Å². The molecular weight excluding hydrogens is 537 g/mol. The molecule has 0 unspecified atom stereocenters. The number of carbonyl (C=O) groups is 3. The van der Waals surface area contributed by atoms with E-state index in [4.69, 9.17) is 24.1 Å². The number of carboxylic acid groups (broad SMARTS) is 1. The van der Waals surface area contributed by atoms with Crippen LogP contribution in [0, 0.1) is 0 Å². The molecule has 1 aromatic rings. The Morgan fingerprint density at radius 2 is 1.48 bits per heavy atom. The molecular formula is C26H39F3N4O7. The average Bonchev–Trinajstić information content (AvgIpc) is 2.96. The van der Waals surface area contributed by atoms with Crippen molar-refractivity contribution in [1.82, 2.24) is 20.0 Å². The third-order valence-electron chi connectivity index (χ3n) is 6.64. The summed E-state index contributed by atoms with van der Waals surface area (Å²) < 4.78 is 48.0. The number of piperazine rings is 1. The van der Waals surface area contributed by atoms with E-state index in [0.29, 0.717) is 55.4 Å². The van der Waals surface area contributed by atoms with Crippen molar-refractivity contribution in [2.24, 2.45) is 0 Å². The number of amides is 2. The summed E-state index contributed by atoms with van der Waals surface area (Å²) in [5.41, 5.74) is 0.456. The Bertz CT molecular complexity index is 957. The first kappa shape index (κ1) is 32.9. The molecule has 0 saturated carbocycles. The number of hydrogen-bond acceptors (Lipinski definition) is 8. The quantitative estimate of drug-likeness (QED) is 0.431. The zero-order chi connectivity index (χ0) is 29.7. The smallest absolute Gasteiger partial charge is 0.490 e. The van der Waals surface area contributed by atoms with Gasteiger partial charge in [-0.2, -0.15) is 13.2 Å². The summed E-state index contributed by atoms with van der Waals surface area (Å²) in [7, 11) is 4.60. The zero-order valence-electron chi connectivity index (χ0n) is 23.2.